The van der Waals surface area contributed by atoms with Crippen LogP contribution in [0.1, 0.15) is 18.9 Å². The third-order valence-corrected chi connectivity index (χ3v) is 2.75. The zero-order valence-electron chi connectivity index (χ0n) is 8.43. The summed E-state index contributed by atoms with van der Waals surface area (Å²) in [5.74, 6) is -2.07. The summed E-state index contributed by atoms with van der Waals surface area (Å²) in [5, 5.41) is 12.1. The van der Waals surface area contributed by atoms with Crippen LogP contribution in [0.5, 0.6) is 5.75 Å². The minimum atomic E-state index is -0.907. The fourth-order valence-electron chi connectivity index (χ4n) is 1.58. The highest BCUT2D eigenvalue weighted by atomic mass is 19.1. The summed E-state index contributed by atoms with van der Waals surface area (Å²) in [6, 6.07) is 2.77. The van der Waals surface area contributed by atoms with Gasteiger partial charge in [0.15, 0.2) is 17.4 Å². The van der Waals surface area contributed by atoms with Crippen LogP contribution in [0, 0.1) is 17.6 Å². The molecule has 2 N–H and O–H groups in total. The maximum Gasteiger partial charge on any atom is 0.187 e. The zero-order chi connectivity index (χ0) is 11.0. The lowest BCUT2D eigenvalue weighted by Crippen LogP contribution is -2.17. The second kappa shape index (κ2) is 3.77. The van der Waals surface area contributed by atoms with E-state index in [1.807, 2.05) is 0 Å². The van der Waals surface area contributed by atoms with E-state index in [-0.39, 0.29) is 0 Å². The van der Waals surface area contributed by atoms with Gasteiger partial charge in [0.1, 0.15) is 0 Å². The molecule has 1 fully saturated rings. The van der Waals surface area contributed by atoms with Crippen molar-refractivity contribution >= 4 is 0 Å². The molecule has 0 saturated heterocycles. The lowest BCUT2D eigenvalue weighted by Gasteiger charge is -2.05. The van der Waals surface area contributed by atoms with Crippen molar-refractivity contribution in [3.05, 3.63) is 29.3 Å². The van der Waals surface area contributed by atoms with E-state index in [9.17, 15) is 8.78 Å². The lowest BCUT2D eigenvalue weighted by atomic mass is 10.2. The van der Waals surface area contributed by atoms with Gasteiger partial charge in [0.25, 0.3) is 0 Å². The van der Waals surface area contributed by atoms with E-state index in [4.69, 9.17) is 5.11 Å². The van der Waals surface area contributed by atoms with Crippen LogP contribution in [0.2, 0.25) is 0 Å². The Morgan fingerprint density at radius 1 is 1.40 bits per heavy atom. The molecule has 0 spiro atoms. The highest BCUT2D eigenvalue weighted by Crippen LogP contribution is 2.29. The zero-order valence-corrected chi connectivity index (χ0v) is 8.43. The minimum absolute atomic E-state index is 0.434. The average molecular weight is 213 g/mol. The summed E-state index contributed by atoms with van der Waals surface area (Å²) in [7, 11) is 0. The van der Waals surface area contributed by atoms with Crippen LogP contribution >= 0.6 is 0 Å². The second-order valence-corrected chi connectivity index (χ2v) is 4.11. The molecule has 1 aromatic rings. The van der Waals surface area contributed by atoms with E-state index in [1.165, 1.54) is 0 Å². The van der Waals surface area contributed by atoms with Crippen molar-refractivity contribution in [1.29, 1.82) is 0 Å². The SMILES string of the molecule is CC1CC1NCc1cc(F)c(O)c(F)c1. The van der Waals surface area contributed by atoms with Crippen molar-refractivity contribution < 1.29 is 13.9 Å². The van der Waals surface area contributed by atoms with E-state index >= 15 is 0 Å². The van der Waals surface area contributed by atoms with Crippen molar-refractivity contribution in [2.24, 2.45) is 5.92 Å². The molecule has 2 rings (SSSR count). The van der Waals surface area contributed by atoms with Crippen molar-refractivity contribution in [3.63, 3.8) is 0 Å². The van der Waals surface area contributed by atoms with Crippen molar-refractivity contribution in [2.75, 3.05) is 0 Å². The smallest absolute Gasteiger partial charge is 0.187 e. The molecule has 4 heteroatoms. The monoisotopic (exact) mass is 213 g/mol. The van der Waals surface area contributed by atoms with Gasteiger partial charge in [-0.1, -0.05) is 6.92 Å². The topological polar surface area (TPSA) is 32.3 Å². The first-order valence-corrected chi connectivity index (χ1v) is 4.98. The minimum Gasteiger partial charge on any atom is -0.503 e. The van der Waals surface area contributed by atoms with Crippen LogP contribution in [-0.4, -0.2) is 11.1 Å². The number of aromatic hydroxyl groups is 1. The Morgan fingerprint density at radius 3 is 2.40 bits per heavy atom. The molecule has 0 bridgehead atoms. The van der Waals surface area contributed by atoms with Crippen LogP contribution in [-0.2, 0) is 6.54 Å². The van der Waals surface area contributed by atoms with E-state index in [1.54, 1.807) is 0 Å². The molecule has 2 atom stereocenters. The van der Waals surface area contributed by atoms with Crippen LogP contribution in [0.3, 0.4) is 0 Å². The van der Waals surface area contributed by atoms with E-state index < -0.39 is 17.4 Å². The van der Waals surface area contributed by atoms with Gasteiger partial charge < -0.3 is 10.4 Å². The molecule has 1 aliphatic rings. The Kier molecular flexibility index (Phi) is 2.61. The number of hydrogen-bond donors (Lipinski definition) is 2. The first-order chi connectivity index (χ1) is 7.08. The number of halogens is 2. The largest absolute Gasteiger partial charge is 0.503 e. The molecule has 15 heavy (non-hydrogen) atoms. The van der Waals surface area contributed by atoms with Gasteiger partial charge >= 0.3 is 0 Å². The first-order valence-electron chi connectivity index (χ1n) is 4.98. The number of nitrogens with one attached hydrogen (secondary N) is 1. The molecule has 0 heterocycles. The second-order valence-electron chi connectivity index (χ2n) is 4.11. The van der Waals surface area contributed by atoms with Gasteiger partial charge in [-0.15, -0.1) is 0 Å². The van der Waals surface area contributed by atoms with Crippen molar-refractivity contribution in [1.82, 2.24) is 5.32 Å². The third-order valence-electron chi connectivity index (χ3n) is 2.75. The molecule has 0 aromatic heterocycles. The summed E-state index contributed by atoms with van der Waals surface area (Å²) in [4.78, 5) is 0. The maximum atomic E-state index is 12.9. The molecular weight excluding hydrogens is 200 g/mol. The molecular formula is C11H13F2NO. The predicted molar refractivity (Wildman–Crippen MR) is 52.4 cm³/mol. The number of benzene rings is 1. The molecule has 1 aliphatic carbocycles. The fraction of sp³-hybridized carbons (Fsp3) is 0.455. The van der Waals surface area contributed by atoms with Crippen LogP contribution in [0.15, 0.2) is 12.1 Å². The maximum absolute atomic E-state index is 12.9. The summed E-state index contributed by atoms with van der Waals surface area (Å²) >= 11 is 0. The average Bonchev–Trinajstić information content (AvgIpc) is 2.88. The van der Waals surface area contributed by atoms with Crippen molar-refractivity contribution in [3.8, 4) is 5.75 Å². The van der Waals surface area contributed by atoms with Crippen LogP contribution in [0.25, 0.3) is 0 Å². The predicted octanol–water partition coefficient (Wildman–Crippen LogP) is 2.17. The molecule has 82 valence electrons. The quantitative estimate of drug-likeness (QED) is 0.806. The molecule has 0 aliphatic heterocycles. The van der Waals surface area contributed by atoms with E-state index in [0.29, 0.717) is 24.1 Å². The molecule has 0 radical (unpaired) electrons. The number of phenols is 1. The Labute approximate surface area is 86.9 Å². The highest BCUT2D eigenvalue weighted by molar-refractivity contribution is 5.30. The van der Waals surface area contributed by atoms with Gasteiger partial charge in [-0.25, -0.2) is 8.78 Å². The van der Waals surface area contributed by atoms with Gasteiger partial charge in [-0.2, -0.15) is 0 Å². The van der Waals surface area contributed by atoms with E-state index in [2.05, 4.69) is 12.2 Å². The summed E-state index contributed by atoms with van der Waals surface area (Å²) in [6.45, 7) is 2.55. The molecule has 1 aromatic carbocycles. The summed E-state index contributed by atoms with van der Waals surface area (Å²) in [5.41, 5.74) is 0.516. The third kappa shape index (κ3) is 2.26. The number of rotatable bonds is 3. The van der Waals surface area contributed by atoms with Crippen LogP contribution < -0.4 is 5.32 Å². The fourth-order valence-corrected chi connectivity index (χ4v) is 1.58. The van der Waals surface area contributed by atoms with Crippen LogP contribution in [0.4, 0.5) is 8.78 Å². The van der Waals surface area contributed by atoms with E-state index in [0.717, 1.165) is 18.6 Å². The molecule has 2 unspecified atom stereocenters. The normalized spacial score (nSPS) is 24.2. The highest BCUT2D eigenvalue weighted by Gasteiger charge is 2.31. The number of hydrogen-bond acceptors (Lipinski definition) is 2. The Bertz CT molecular complexity index is 358. The van der Waals surface area contributed by atoms with Gasteiger partial charge in [0.2, 0.25) is 0 Å². The molecule has 2 nitrogen and oxygen atoms in total. The summed E-state index contributed by atoms with van der Waals surface area (Å²) in [6.07, 6.45) is 1.11. The van der Waals surface area contributed by atoms with Gasteiger partial charge in [0, 0.05) is 12.6 Å². The lowest BCUT2D eigenvalue weighted by molar-refractivity contribution is 0.395. The number of phenolic OH excluding ortho intramolecular Hbond substituents is 1. The summed E-state index contributed by atoms with van der Waals surface area (Å²) < 4.78 is 25.9. The molecule has 1 saturated carbocycles. The van der Waals surface area contributed by atoms with Gasteiger partial charge in [-0.3, -0.25) is 0 Å². The van der Waals surface area contributed by atoms with Gasteiger partial charge in [-0.05, 0) is 30.0 Å². The van der Waals surface area contributed by atoms with Crippen molar-refractivity contribution in [2.45, 2.75) is 25.9 Å². The van der Waals surface area contributed by atoms with Gasteiger partial charge in [0.05, 0.1) is 0 Å². The molecule has 0 amide bonds. The first kappa shape index (κ1) is 10.4. The Hall–Kier alpha value is -1.16. The Balaban J connectivity index is 2.02. The Morgan fingerprint density at radius 2 is 1.93 bits per heavy atom. The standard InChI is InChI=1S/C11H13F2NO/c1-6-2-10(6)14-5-7-3-8(12)11(15)9(13)4-7/h3-4,6,10,14-15H,2,5H2,1H3.